The quantitative estimate of drug-likeness (QED) is 0.0716. The Hall–Kier alpha value is -5.35. The van der Waals surface area contributed by atoms with E-state index in [9.17, 15) is 19.5 Å². The first kappa shape index (κ1) is 40.8. The highest BCUT2D eigenvalue weighted by molar-refractivity contribution is 7.14. The van der Waals surface area contributed by atoms with Gasteiger partial charge < -0.3 is 20.5 Å². The Labute approximate surface area is 328 Å². The summed E-state index contributed by atoms with van der Waals surface area (Å²) in [6.07, 6.45) is 9.88. The van der Waals surface area contributed by atoms with Gasteiger partial charge in [0.1, 0.15) is 11.8 Å². The van der Waals surface area contributed by atoms with Gasteiger partial charge in [-0.05, 0) is 59.2 Å². The number of carboxylic acids is 1. The highest BCUT2D eigenvalue weighted by Gasteiger charge is 2.27. The van der Waals surface area contributed by atoms with E-state index in [1.165, 1.54) is 37.0 Å². The van der Waals surface area contributed by atoms with Crippen molar-refractivity contribution in [2.75, 3.05) is 6.61 Å². The summed E-state index contributed by atoms with van der Waals surface area (Å²) >= 11 is 1.40. The van der Waals surface area contributed by atoms with Crippen LogP contribution >= 0.6 is 11.3 Å². The second-order valence-corrected chi connectivity index (χ2v) is 16.0. The molecule has 2 heterocycles. The maximum Gasteiger partial charge on any atom is 0.305 e. The van der Waals surface area contributed by atoms with Crippen molar-refractivity contribution in [3.63, 3.8) is 0 Å². The monoisotopic (exact) mass is 760 g/mol. The zero-order valence-corrected chi connectivity index (χ0v) is 33.0. The molecule has 2 unspecified atom stereocenters. The number of rotatable bonds is 19. The first-order chi connectivity index (χ1) is 26.5. The van der Waals surface area contributed by atoms with Crippen LogP contribution in [0.2, 0.25) is 0 Å². The smallest absolute Gasteiger partial charge is 0.305 e. The third-order valence-electron chi connectivity index (χ3n) is 9.29. The van der Waals surface area contributed by atoms with E-state index >= 15 is 0 Å². The Balaban J connectivity index is 1.26. The van der Waals surface area contributed by atoms with E-state index in [0.29, 0.717) is 17.1 Å². The molecule has 5 aromatic rings. The topological polar surface area (TPSA) is 131 Å². The summed E-state index contributed by atoms with van der Waals surface area (Å²) in [6.45, 7) is 9.19. The molecule has 0 radical (unpaired) electrons. The number of carboxylic acid groups (broad SMARTS) is 1. The molecule has 0 aliphatic rings. The van der Waals surface area contributed by atoms with Gasteiger partial charge in [0.05, 0.1) is 17.9 Å². The molecule has 2 atom stereocenters. The number of amides is 2. The van der Waals surface area contributed by atoms with Crippen molar-refractivity contribution in [3.05, 3.63) is 124 Å². The maximum absolute atomic E-state index is 13.9. The predicted octanol–water partition coefficient (Wildman–Crippen LogP) is 9.06. The van der Waals surface area contributed by atoms with Crippen molar-refractivity contribution in [2.45, 2.75) is 96.6 Å². The van der Waals surface area contributed by atoms with Gasteiger partial charge >= 0.3 is 5.97 Å². The number of unbranched alkanes of at least 4 members (excludes halogenated alkanes) is 4. The Morgan fingerprint density at radius 3 is 2.04 bits per heavy atom. The van der Waals surface area contributed by atoms with Gasteiger partial charge in [-0.15, -0.1) is 11.3 Å². The molecule has 0 saturated carbocycles. The second-order valence-electron chi connectivity index (χ2n) is 14.9. The first-order valence-electron chi connectivity index (χ1n) is 19.1. The fraction of sp³-hybridized carbons (Fsp3) is 0.356. The second kappa shape index (κ2) is 19.8. The van der Waals surface area contributed by atoms with E-state index < -0.39 is 24.0 Å². The molecule has 9 nitrogen and oxygen atoms in total. The summed E-state index contributed by atoms with van der Waals surface area (Å²) in [5.74, 6) is -0.417. The molecule has 3 aromatic carbocycles. The summed E-state index contributed by atoms with van der Waals surface area (Å²) in [7, 11) is 0. The van der Waals surface area contributed by atoms with Gasteiger partial charge in [0.2, 0.25) is 5.91 Å². The first-order valence-corrected chi connectivity index (χ1v) is 19.9. The van der Waals surface area contributed by atoms with Gasteiger partial charge in [0, 0.05) is 40.9 Å². The van der Waals surface area contributed by atoms with Gasteiger partial charge in [0.15, 0.2) is 5.82 Å². The Morgan fingerprint density at radius 2 is 1.40 bits per heavy atom. The number of benzene rings is 3. The molecule has 3 N–H and O–H groups in total. The molecule has 55 heavy (non-hydrogen) atoms. The molecule has 0 spiro atoms. The van der Waals surface area contributed by atoms with Gasteiger partial charge in [-0.3, -0.25) is 14.4 Å². The van der Waals surface area contributed by atoms with E-state index in [2.05, 4.69) is 48.3 Å². The Kier molecular flexibility index (Phi) is 14.7. The van der Waals surface area contributed by atoms with Crippen LogP contribution in [0.1, 0.15) is 91.9 Å². The number of thiophene rings is 1. The zero-order chi connectivity index (χ0) is 39.2. The fourth-order valence-electron chi connectivity index (χ4n) is 6.18. The van der Waals surface area contributed by atoms with Crippen molar-refractivity contribution in [3.8, 4) is 28.3 Å². The third kappa shape index (κ3) is 12.6. The van der Waals surface area contributed by atoms with Crippen LogP contribution in [0.5, 0.6) is 5.75 Å². The lowest BCUT2D eigenvalue weighted by Crippen LogP contribution is -2.51. The number of aromatic nitrogens is 2. The number of nitrogens with zero attached hydrogens (tertiary/aromatic N) is 2. The lowest BCUT2D eigenvalue weighted by molar-refractivity contribution is -0.137. The number of hydrogen-bond acceptors (Lipinski definition) is 7. The molecule has 2 aromatic heterocycles. The standard InChI is InChI=1S/C45H52N4O5S/c1-5-6-7-8-12-25-54-37-21-19-33(20-22-37)35-29-46-42(47-30-35)34-17-15-32(16-18-34)27-38(49-44(53)39-23-24-40(55-39)45(2,3)4)43(52)48-36(28-41(50)51)26-31-13-10-9-11-14-31/h9-11,13-24,29-30,36,38H,5-8,12,25-28H2,1-4H3,(H,48,52)(H,49,53)(H,50,51). The number of ether oxygens (including phenoxy) is 1. The van der Waals surface area contributed by atoms with Crippen LogP contribution in [-0.4, -0.2) is 51.5 Å². The van der Waals surface area contributed by atoms with Gasteiger partial charge in [-0.2, -0.15) is 0 Å². The largest absolute Gasteiger partial charge is 0.494 e. The van der Waals surface area contributed by atoms with E-state index in [-0.39, 0.29) is 24.2 Å². The Bertz CT molecular complexity index is 1970. The molecular formula is C45H52N4O5S. The number of aliphatic carboxylic acids is 1. The summed E-state index contributed by atoms with van der Waals surface area (Å²) in [5.41, 5.74) is 4.28. The van der Waals surface area contributed by atoms with E-state index in [1.807, 2.05) is 84.9 Å². The SMILES string of the molecule is CCCCCCCOc1ccc(-c2cnc(-c3ccc(CC(NC(=O)c4ccc(C(C)(C)C)s4)C(=O)NC(CC(=O)O)Cc4ccccc4)cc3)nc2)cc1. The third-order valence-corrected chi connectivity index (χ3v) is 10.8. The number of nitrogens with one attached hydrogen (secondary N) is 2. The maximum atomic E-state index is 13.9. The van der Waals surface area contributed by atoms with Crippen LogP contribution in [0.4, 0.5) is 0 Å². The zero-order valence-electron chi connectivity index (χ0n) is 32.2. The molecule has 0 bridgehead atoms. The minimum absolute atomic E-state index is 0.124. The van der Waals surface area contributed by atoms with Crippen LogP contribution in [0.25, 0.3) is 22.5 Å². The van der Waals surface area contributed by atoms with Crippen molar-refractivity contribution >= 4 is 29.1 Å². The molecular weight excluding hydrogens is 709 g/mol. The van der Waals surface area contributed by atoms with Crippen molar-refractivity contribution in [1.82, 2.24) is 20.6 Å². The summed E-state index contributed by atoms with van der Waals surface area (Å²) in [6, 6.07) is 27.1. The minimum Gasteiger partial charge on any atom is -0.494 e. The van der Waals surface area contributed by atoms with Crippen LogP contribution in [0, 0.1) is 0 Å². The normalized spacial score (nSPS) is 12.4. The van der Waals surface area contributed by atoms with Crippen LogP contribution in [0.3, 0.4) is 0 Å². The molecule has 10 heteroatoms. The fourth-order valence-corrected chi connectivity index (χ4v) is 7.14. The van der Waals surface area contributed by atoms with Crippen LogP contribution in [-0.2, 0) is 27.8 Å². The van der Waals surface area contributed by atoms with Gasteiger partial charge in [-0.1, -0.05) is 120 Å². The minimum atomic E-state index is -1.02. The summed E-state index contributed by atoms with van der Waals surface area (Å²) in [5, 5.41) is 15.5. The molecule has 5 rings (SSSR count). The number of carbonyl (C=O) groups excluding carboxylic acids is 2. The average Bonchev–Trinajstić information content (AvgIpc) is 3.69. The van der Waals surface area contributed by atoms with E-state index in [4.69, 9.17) is 4.74 Å². The highest BCUT2D eigenvalue weighted by Crippen LogP contribution is 2.30. The lowest BCUT2D eigenvalue weighted by atomic mass is 9.95. The summed E-state index contributed by atoms with van der Waals surface area (Å²) < 4.78 is 5.91. The number of hydrogen-bond donors (Lipinski definition) is 3. The molecule has 288 valence electrons. The highest BCUT2D eigenvalue weighted by atomic mass is 32.1. The Morgan fingerprint density at radius 1 is 0.745 bits per heavy atom. The van der Waals surface area contributed by atoms with Gasteiger partial charge in [-0.25, -0.2) is 9.97 Å². The number of carbonyl (C=O) groups is 3. The van der Waals surface area contributed by atoms with Crippen molar-refractivity contribution in [2.24, 2.45) is 0 Å². The molecule has 0 fully saturated rings. The molecule has 0 saturated heterocycles. The molecule has 2 amide bonds. The van der Waals surface area contributed by atoms with Crippen LogP contribution in [0.15, 0.2) is 103 Å². The lowest BCUT2D eigenvalue weighted by Gasteiger charge is -2.23. The molecule has 0 aliphatic carbocycles. The predicted molar refractivity (Wildman–Crippen MR) is 219 cm³/mol. The summed E-state index contributed by atoms with van der Waals surface area (Å²) in [4.78, 5) is 50.0. The van der Waals surface area contributed by atoms with Crippen molar-refractivity contribution in [1.29, 1.82) is 0 Å². The van der Waals surface area contributed by atoms with E-state index in [0.717, 1.165) is 51.5 Å². The van der Waals surface area contributed by atoms with Gasteiger partial charge in [0.25, 0.3) is 5.91 Å². The van der Waals surface area contributed by atoms with E-state index in [1.54, 1.807) is 18.5 Å². The van der Waals surface area contributed by atoms with Crippen LogP contribution < -0.4 is 15.4 Å². The molecule has 0 aliphatic heterocycles. The van der Waals surface area contributed by atoms with Crippen molar-refractivity contribution < 1.29 is 24.2 Å². The average molecular weight is 761 g/mol.